The molecule has 0 aromatic heterocycles. The van der Waals surface area contributed by atoms with E-state index in [1.807, 2.05) is 0 Å². The molecule has 0 heterocycles. The van der Waals surface area contributed by atoms with Gasteiger partial charge in [0.1, 0.15) is 0 Å². The highest BCUT2D eigenvalue weighted by atomic mass is 16.5. The Morgan fingerprint density at radius 2 is 0.701 bits per heavy atom. The van der Waals surface area contributed by atoms with Crippen LogP contribution in [0.25, 0.3) is 0 Å². The van der Waals surface area contributed by atoms with Crippen LogP contribution in [0.1, 0.15) is 341 Å². The summed E-state index contributed by atoms with van der Waals surface area (Å²) in [6.45, 7) is 4.93. The van der Waals surface area contributed by atoms with E-state index in [-0.39, 0.29) is 18.5 Å². The molecule has 0 bridgehead atoms. The fraction of sp³-hybridized carbons (Fsp3) is 0.934. The van der Waals surface area contributed by atoms with Gasteiger partial charge in [-0.15, -0.1) is 0 Å². The highest BCUT2D eigenvalue weighted by Crippen LogP contribution is 2.18. The molecule has 2 atom stereocenters. The van der Waals surface area contributed by atoms with Gasteiger partial charge in [0.2, 0.25) is 5.91 Å². The average Bonchev–Trinajstić information content (AvgIpc) is 3.33. The summed E-state index contributed by atoms with van der Waals surface area (Å²) in [4.78, 5) is 24.6. The number of amides is 1. The number of unbranched alkanes of at least 4 members (excludes halogenated alkanes) is 44. The summed E-state index contributed by atoms with van der Waals surface area (Å²) >= 11 is 0. The fourth-order valence-corrected chi connectivity index (χ4v) is 9.64. The number of hydrogen-bond acceptors (Lipinski definition) is 5. The number of carbonyl (C=O) groups is 2. The van der Waals surface area contributed by atoms with Gasteiger partial charge >= 0.3 is 5.97 Å². The number of ether oxygens (including phenoxy) is 1. The molecule has 6 heteroatoms. The highest BCUT2D eigenvalue weighted by Gasteiger charge is 2.20. The van der Waals surface area contributed by atoms with Crippen LogP contribution in [0.15, 0.2) is 12.2 Å². The topological polar surface area (TPSA) is 95.9 Å². The van der Waals surface area contributed by atoms with Crippen LogP contribution in [-0.2, 0) is 14.3 Å². The van der Waals surface area contributed by atoms with Crippen molar-refractivity contribution in [3.63, 3.8) is 0 Å². The Morgan fingerprint density at radius 3 is 1.06 bits per heavy atom. The first-order chi connectivity index (χ1) is 33.0. The van der Waals surface area contributed by atoms with E-state index >= 15 is 0 Å². The van der Waals surface area contributed by atoms with Gasteiger partial charge in [-0.05, 0) is 51.4 Å². The van der Waals surface area contributed by atoms with Crippen LogP contribution < -0.4 is 5.32 Å². The van der Waals surface area contributed by atoms with Crippen LogP contribution in [0.3, 0.4) is 0 Å². The molecule has 0 spiro atoms. The number of allylic oxidation sites excluding steroid dienone is 2. The van der Waals surface area contributed by atoms with Gasteiger partial charge in [-0.1, -0.05) is 289 Å². The number of aliphatic hydroxyl groups is 2. The summed E-state index contributed by atoms with van der Waals surface area (Å²) in [5, 5.41) is 23.4. The van der Waals surface area contributed by atoms with E-state index < -0.39 is 12.1 Å². The largest absolute Gasteiger partial charge is 0.466 e. The van der Waals surface area contributed by atoms with E-state index in [1.54, 1.807) is 0 Å². The Labute approximate surface area is 419 Å². The van der Waals surface area contributed by atoms with E-state index in [9.17, 15) is 19.8 Å². The van der Waals surface area contributed by atoms with Crippen molar-refractivity contribution >= 4 is 11.9 Å². The van der Waals surface area contributed by atoms with Crippen molar-refractivity contribution in [1.29, 1.82) is 0 Å². The molecule has 398 valence electrons. The minimum Gasteiger partial charge on any atom is -0.466 e. The van der Waals surface area contributed by atoms with Gasteiger partial charge in [0.15, 0.2) is 0 Å². The fourth-order valence-electron chi connectivity index (χ4n) is 9.64. The van der Waals surface area contributed by atoms with E-state index in [4.69, 9.17) is 4.74 Å². The molecule has 0 fully saturated rings. The van der Waals surface area contributed by atoms with E-state index in [0.717, 1.165) is 57.8 Å². The predicted octanol–water partition coefficient (Wildman–Crippen LogP) is 18.9. The van der Waals surface area contributed by atoms with Gasteiger partial charge in [-0.2, -0.15) is 0 Å². The Morgan fingerprint density at radius 1 is 0.403 bits per heavy atom. The zero-order valence-corrected chi connectivity index (χ0v) is 45.4. The Bertz CT molecular complexity index is 1000. The molecule has 1 amide bonds. The normalized spacial score (nSPS) is 12.6. The molecule has 2 unspecified atom stereocenters. The van der Waals surface area contributed by atoms with Crippen LogP contribution in [0.2, 0.25) is 0 Å². The van der Waals surface area contributed by atoms with Gasteiger partial charge in [0.05, 0.1) is 25.4 Å². The number of hydrogen-bond donors (Lipinski definition) is 3. The molecular formula is C61H119NO5. The van der Waals surface area contributed by atoms with Gasteiger partial charge < -0.3 is 20.3 Å². The molecule has 0 aliphatic heterocycles. The van der Waals surface area contributed by atoms with Crippen LogP contribution in [-0.4, -0.2) is 47.4 Å². The van der Waals surface area contributed by atoms with Gasteiger partial charge in [-0.3, -0.25) is 9.59 Å². The second-order valence-corrected chi connectivity index (χ2v) is 21.0. The zero-order valence-electron chi connectivity index (χ0n) is 45.4. The van der Waals surface area contributed by atoms with Crippen molar-refractivity contribution in [2.24, 2.45) is 0 Å². The zero-order chi connectivity index (χ0) is 48.6. The smallest absolute Gasteiger partial charge is 0.305 e. The van der Waals surface area contributed by atoms with E-state index in [0.29, 0.717) is 25.9 Å². The van der Waals surface area contributed by atoms with Crippen LogP contribution in [0, 0.1) is 0 Å². The van der Waals surface area contributed by atoms with E-state index in [1.165, 1.54) is 250 Å². The molecule has 0 aromatic rings. The standard InChI is InChI=1S/C61H119NO5/c1-3-5-7-9-11-13-15-17-19-21-22-23-24-25-26-28-29-31-33-37-41-45-49-53-59(64)58(57-63)62-60(65)54-50-46-42-38-35-36-40-44-48-52-56-67-61(66)55-51-47-43-39-34-32-30-27-20-18-16-14-12-10-8-6-4-2/h18,20,58-59,63-64H,3-17,19,21-57H2,1-2H3,(H,62,65)/b20-18-. The summed E-state index contributed by atoms with van der Waals surface area (Å²) in [5.74, 6) is -0.0745. The van der Waals surface area contributed by atoms with Crippen molar-refractivity contribution in [1.82, 2.24) is 5.32 Å². The molecule has 0 rings (SSSR count). The third-order valence-corrected chi connectivity index (χ3v) is 14.3. The third kappa shape index (κ3) is 53.8. The molecule has 67 heavy (non-hydrogen) atoms. The van der Waals surface area contributed by atoms with E-state index in [2.05, 4.69) is 31.3 Å². The second-order valence-electron chi connectivity index (χ2n) is 21.0. The SMILES string of the molecule is CCCCCCCC/C=C\CCCCCCCCCC(=O)OCCCCCCCCCCCCC(=O)NC(CO)C(O)CCCCCCCCCCCCCCCCCCCCCCCCC. The molecular weight excluding hydrogens is 827 g/mol. The number of nitrogens with one attached hydrogen (secondary N) is 1. The van der Waals surface area contributed by atoms with Crippen LogP contribution in [0.4, 0.5) is 0 Å². The lowest BCUT2D eigenvalue weighted by Gasteiger charge is -2.22. The minimum absolute atomic E-state index is 0.0207. The molecule has 0 aliphatic carbocycles. The Kier molecular flexibility index (Phi) is 56.0. The highest BCUT2D eigenvalue weighted by molar-refractivity contribution is 5.76. The maximum absolute atomic E-state index is 12.5. The Hall–Kier alpha value is -1.40. The molecule has 0 radical (unpaired) electrons. The maximum Gasteiger partial charge on any atom is 0.305 e. The molecule has 0 saturated heterocycles. The average molecular weight is 947 g/mol. The minimum atomic E-state index is -0.680. The number of rotatable bonds is 57. The lowest BCUT2D eigenvalue weighted by molar-refractivity contribution is -0.143. The van der Waals surface area contributed by atoms with Crippen LogP contribution in [0.5, 0.6) is 0 Å². The summed E-state index contributed by atoms with van der Waals surface area (Å²) < 4.78 is 5.47. The molecule has 0 aliphatic rings. The maximum atomic E-state index is 12.5. The monoisotopic (exact) mass is 946 g/mol. The van der Waals surface area contributed by atoms with Gasteiger partial charge in [0.25, 0.3) is 0 Å². The van der Waals surface area contributed by atoms with Gasteiger partial charge in [0, 0.05) is 12.8 Å². The second kappa shape index (κ2) is 57.2. The Balaban J connectivity index is 3.45. The molecule has 3 N–H and O–H groups in total. The van der Waals surface area contributed by atoms with Crippen molar-refractivity contribution in [3.05, 3.63) is 12.2 Å². The van der Waals surface area contributed by atoms with Crippen molar-refractivity contribution in [3.8, 4) is 0 Å². The summed E-state index contributed by atoms with van der Waals surface area (Å²) in [7, 11) is 0. The molecule has 6 nitrogen and oxygen atoms in total. The summed E-state index contributed by atoms with van der Waals surface area (Å²) in [6.07, 6.45) is 67.8. The van der Waals surface area contributed by atoms with Crippen molar-refractivity contribution in [2.45, 2.75) is 353 Å². The summed E-state index contributed by atoms with van der Waals surface area (Å²) in [5.41, 5.74) is 0. The summed E-state index contributed by atoms with van der Waals surface area (Å²) in [6, 6.07) is -0.559. The van der Waals surface area contributed by atoms with Crippen LogP contribution >= 0.6 is 0 Å². The van der Waals surface area contributed by atoms with Gasteiger partial charge in [-0.25, -0.2) is 0 Å². The number of carbonyl (C=O) groups excluding carboxylic acids is 2. The lowest BCUT2D eigenvalue weighted by atomic mass is 10.0. The van der Waals surface area contributed by atoms with Crippen molar-refractivity contribution in [2.75, 3.05) is 13.2 Å². The lowest BCUT2D eigenvalue weighted by Crippen LogP contribution is -2.45. The third-order valence-electron chi connectivity index (χ3n) is 14.3. The molecule has 0 aromatic carbocycles. The first-order valence-corrected chi connectivity index (χ1v) is 30.4. The number of aliphatic hydroxyl groups excluding tert-OH is 2. The first kappa shape index (κ1) is 65.6. The number of esters is 1. The quantitative estimate of drug-likeness (QED) is 0.0321. The van der Waals surface area contributed by atoms with Crippen molar-refractivity contribution < 1.29 is 24.5 Å². The predicted molar refractivity (Wildman–Crippen MR) is 292 cm³/mol. The molecule has 0 saturated carbocycles. The first-order valence-electron chi connectivity index (χ1n) is 30.4.